The fraction of sp³-hybridized carbons (Fsp3) is 0.750. The van der Waals surface area contributed by atoms with Crippen LogP contribution in [0.2, 0.25) is 0 Å². The second kappa shape index (κ2) is 5.71. The fourth-order valence-corrected chi connectivity index (χ4v) is 0.933. The Hall–Kier alpha value is -0.900. The molecule has 0 aromatic heterocycles. The second-order valence-electron chi connectivity index (χ2n) is 3.00. The molecule has 4 heteroatoms. The Bertz CT molecular complexity index is 156. The van der Waals surface area contributed by atoms with E-state index in [9.17, 15) is 9.59 Å². The summed E-state index contributed by atoms with van der Waals surface area (Å²) >= 11 is 0. The number of nitrogens with one attached hydrogen (secondary N) is 1. The number of carbonyl (C=O) groups excluding carboxylic acids is 2. The van der Waals surface area contributed by atoms with E-state index in [1.165, 1.54) is 0 Å². The lowest BCUT2D eigenvalue weighted by Gasteiger charge is -2.14. The fourth-order valence-electron chi connectivity index (χ4n) is 0.933. The Balaban J connectivity index is 3.95. The quantitative estimate of drug-likeness (QED) is 0.369. The monoisotopic (exact) mass is 173 g/mol. The van der Waals surface area contributed by atoms with Crippen LogP contribution in [0.25, 0.3) is 0 Å². The van der Waals surface area contributed by atoms with E-state index in [0.717, 1.165) is 0 Å². The van der Waals surface area contributed by atoms with Crippen LogP contribution < -0.4 is 5.32 Å². The van der Waals surface area contributed by atoms with Crippen molar-refractivity contribution in [1.82, 2.24) is 5.32 Å². The van der Waals surface area contributed by atoms with Gasteiger partial charge in [-0.2, -0.15) is 0 Å². The molecule has 4 nitrogen and oxygen atoms in total. The zero-order valence-corrected chi connectivity index (χ0v) is 7.66. The molecule has 0 aromatic rings. The first kappa shape index (κ1) is 11.1. The molecule has 0 aromatic carbocycles. The van der Waals surface area contributed by atoms with Crippen LogP contribution in [0.1, 0.15) is 20.3 Å². The zero-order chi connectivity index (χ0) is 9.56. The van der Waals surface area contributed by atoms with Gasteiger partial charge in [0.2, 0.25) is 0 Å². The predicted molar refractivity (Wildman–Crippen MR) is 44.5 cm³/mol. The van der Waals surface area contributed by atoms with Gasteiger partial charge in [0.25, 0.3) is 0 Å². The van der Waals surface area contributed by atoms with Crippen molar-refractivity contribution in [3.8, 4) is 0 Å². The van der Waals surface area contributed by atoms with Gasteiger partial charge in [-0.25, -0.2) is 4.79 Å². The first-order valence-corrected chi connectivity index (χ1v) is 3.93. The number of ether oxygens (including phenoxy) is 1. The zero-order valence-electron chi connectivity index (χ0n) is 7.66. The lowest BCUT2D eigenvalue weighted by atomic mass is 10.0. The van der Waals surface area contributed by atoms with E-state index in [-0.39, 0.29) is 12.5 Å². The molecule has 1 atom stereocenters. The molecule has 0 saturated carbocycles. The summed E-state index contributed by atoms with van der Waals surface area (Å²) in [6, 6.07) is -0.379. The highest BCUT2D eigenvalue weighted by atomic mass is 16.6. The molecule has 0 spiro atoms. The van der Waals surface area contributed by atoms with Crippen molar-refractivity contribution in [3.05, 3.63) is 0 Å². The maximum absolute atomic E-state index is 11.0. The molecule has 0 amide bonds. The van der Waals surface area contributed by atoms with Crippen LogP contribution >= 0.6 is 0 Å². The van der Waals surface area contributed by atoms with E-state index in [4.69, 9.17) is 0 Å². The average Bonchev–Trinajstić information content (AvgIpc) is 2.00. The first-order chi connectivity index (χ1) is 5.61. The molecule has 0 rings (SSSR count). The molecule has 70 valence electrons. The average molecular weight is 173 g/mol. The number of carbonyl (C=O) groups is 2. The van der Waals surface area contributed by atoms with Gasteiger partial charge in [0.1, 0.15) is 6.04 Å². The van der Waals surface area contributed by atoms with Gasteiger partial charge in [0.15, 0.2) is 0 Å². The molecular formula is C8H15NO3. The Labute approximate surface area is 72.3 Å². The van der Waals surface area contributed by atoms with Gasteiger partial charge in [-0.3, -0.25) is 4.79 Å². The molecule has 12 heavy (non-hydrogen) atoms. The van der Waals surface area contributed by atoms with E-state index < -0.39 is 5.97 Å². The van der Waals surface area contributed by atoms with Crippen molar-refractivity contribution in [3.63, 3.8) is 0 Å². The molecule has 1 N–H and O–H groups in total. The third-order valence-corrected chi connectivity index (χ3v) is 1.50. The van der Waals surface area contributed by atoms with E-state index in [1.807, 2.05) is 13.8 Å². The summed E-state index contributed by atoms with van der Waals surface area (Å²) in [6.07, 6.45) is 0.670. The standard InChI is InChI=1S/C8H15NO3/c1-6(2)4-7(9-3)8(11)12-5-10/h5-7,9H,4H2,1-3H3. The molecule has 0 fully saturated rings. The summed E-state index contributed by atoms with van der Waals surface area (Å²) in [6.45, 7) is 4.16. The van der Waals surface area contributed by atoms with Crippen molar-refractivity contribution < 1.29 is 14.3 Å². The molecule has 0 aliphatic carbocycles. The minimum absolute atomic E-state index is 0.160. The Morgan fingerprint density at radius 1 is 1.58 bits per heavy atom. The lowest BCUT2D eigenvalue weighted by molar-refractivity contribution is -0.153. The van der Waals surface area contributed by atoms with E-state index in [0.29, 0.717) is 12.3 Å². The highest BCUT2D eigenvalue weighted by Crippen LogP contribution is 2.05. The number of likely N-dealkylation sites (N-methyl/N-ethyl adjacent to an activating group) is 1. The van der Waals surface area contributed by atoms with Gasteiger partial charge in [0, 0.05) is 0 Å². The van der Waals surface area contributed by atoms with Crippen molar-refractivity contribution >= 4 is 12.4 Å². The van der Waals surface area contributed by atoms with E-state index >= 15 is 0 Å². The summed E-state index contributed by atoms with van der Waals surface area (Å²) in [4.78, 5) is 20.8. The third-order valence-electron chi connectivity index (χ3n) is 1.50. The Morgan fingerprint density at radius 3 is 2.50 bits per heavy atom. The summed E-state index contributed by atoms with van der Waals surface area (Å²) in [7, 11) is 1.67. The minimum Gasteiger partial charge on any atom is -0.394 e. The number of rotatable bonds is 5. The van der Waals surface area contributed by atoms with Gasteiger partial charge < -0.3 is 10.1 Å². The number of esters is 1. The van der Waals surface area contributed by atoms with E-state index in [2.05, 4.69) is 10.1 Å². The SMILES string of the molecule is CNC(CC(C)C)C(=O)OC=O. The summed E-state index contributed by atoms with van der Waals surface area (Å²) in [5, 5.41) is 2.78. The molecule has 0 aliphatic rings. The van der Waals surface area contributed by atoms with Crippen LogP contribution in [0.5, 0.6) is 0 Å². The molecule has 0 heterocycles. The smallest absolute Gasteiger partial charge is 0.330 e. The maximum atomic E-state index is 11.0. The Morgan fingerprint density at radius 2 is 2.17 bits per heavy atom. The van der Waals surface area contributed by atoms with Gasteiger partial charge in [-0.1, -0.05) is 13.8 Å². The summed E-state index contributed by atoms with van der Waals surface area (Å²) in [5.41, 5.74) is 0. The molecule has 0 radical (unpaired) electrons. The van der Waals surface area contributed by atoms with E-state index in [1.54, 1.807) is 7.05 Å². The molecule has 0 aliphatic heterocycles. The van der Waals surface area contributed by atoms with Crippen LogP contribution in [0.4, 0.5) is 0 Å². The number of hydrogen-bond acceptors (Lipinski definition) is 4. The topological polar surface area (TPSA) is 55.4 Å². The van der Waals surface area contributed by atoms with Crippen molar-refractivity contribution in [2.75, 3.05) is 7.05 Å². The van der Waals surface area contributed by atoms with Crippen LogP contribution in [-0.2, 0) is 14.3 Å². The van der Waals surface area contributed by atoms with Gasteiger partial charge in [-0.05, 0) is 19.4 Å². The van der Waals surface area contributed by atoms with Crippen LogP contribution in [-0.4, -0.2) is 25.5 Å². The second-order valence-corrected chi connectivity index (χ2v) is 3.00. The van der Waals surface area contributed by atoms with Crippen molar-refractivity contribution in [2.45, 2.75) is 26.3 Å². The maximum Gasteiger partial charge on any atom is 0.330 e. The Kier molecular flexibility index (Phi) is 5.28. The van der Waals surface area contributed by atoms with Crippen molar-refractivity contribution in [2.24, 2.45) is 5.92 Å². The summed E-state index contributed by atoms with van der Waals surface area (Å²) < 4.78 is 4.21. The predicted octanol–water partition coefficient (Wildman–Crippen LogP) is 0.320. The van der Waals surface area contributed by atoms with Gasteiger partial charge in [0.05, 0.1) is 0 Å². The molecule has 1 unspecified atom stereocenters. The third kappa shape index (κ3) is 4.08. The largest absolute Gasteiger partial charge is 0.394 e. The van der Waals surface area contributed by atoms with Crippen LogP contribution in [0.3, 0.4) is 0 Å². The van der Waals surface area contributed by atoms with Crippen LogP contribution in [0.15, 0.2) is 0 Å². The highest BCUT2D eigenvalue weighted by molar-refractivity contribution is 5.81. The normalized spacial score (nSPS) is 12.7. The highest BCUT2D eigenvalue weighted by Gasteiger charge is 2.18. The van der Waals surface area contributed by atoms with Crippen LogP contribution in [0, 0.1) is 5.92 Å². The number of hydrogen-bond donors (Lipinski definition) is 1. The molecule has 0 saturated heterocycles. The van der Waals surface area contributed by atoms with Gasteiger partial charge >= 0.3 is 12.4 Å². The van der Waals surface area contributed by atoms with Gasteiger partial charge in [-0.15, -0.1) is 0 Å². The lowest BCUT2D eigenvalue weighted by Crippen LogP contribution is -2.36. The molecular weight excluding hydrogens is 158 g/mol. The molecule has 0 bridgehead atoms. The summed E-state index contributed by atoms with van der Waals surface area (Å²) in [5.74, 6) is -0.122. The first-order valence-electron chi connectivity index (χ1n) is 3.93. The van der Waals surface area contributed by atoms with Crippen molar-refractivity contribution in [1.29, 1.82) is 0 Å². The minimum atomic E-state index is -0.513.